The summed E-state index contributed by atoms with van der Waals surface area (Å²) >= 11 is 0. The Labute approximate surface area is 148 Å². The number of nitrogens with zero attached hydrogens (tertiary/aromatic N) is 1. The largest absolute Gasteiger partial charge is 0.465 e. The molecule has 1 aromatic rings. The molecule has 130 valence electrons. The maximum atomic E-state index is 13.1. The number of ether oxygens (including phenoxy) is 1. The van der Waals surface area contributed by atoms with Crippen molar-refractivity contribution < 1.29 is 14.3 Å². The van der Waals surface area contributed by atoms with Crippen LogP contribution in [0.2, 0.25) is 0 Å². The van der Waals surface area contributed by atoms with Crippen LogP contribution in [0, 0.1) is 5.41 Å². The van der Waals surface area contributed by atoms with Gasteiger partial charge in [-0.3, -0.25) is 4.79 Å². The van der Waals surface area contributed by atoms with E-state index in [0.717, 1.165) is 36.2 Å². The van der Waals surface area contributed by atoms with Crippen molar-refractivity contribution in [2.45, 2.75) is 26.2 Å². The van der Waals surface area contributed by atoms with E-state index >= 15 is 0 Å². The summed E-state index contributed by atoms with van der Waals surface area (Å²) in [5.41, 5.74) is 3.38. The molecule has 3 rings (SSSR count). The number of carbonyl (C=O) groups excluding carboxylic acids is 2. The molecule has 1 aliphatic heterocycles. The van der Waals surface area contributed by atoms with Gasteiger partial charge in [-0.25, -0.2) is 4.79 Å². The smallest absolute Gasteiger partial charge is 0.337 e. The van der Waals surface area contributed by atoms with E-state index in [-0.39, 0.29) is 17.3 Å². The van der Waals surface area contributed by atoms with Crippen LogP contribution in [0.4, 0.5) is 0 Å². The Bertz CT molecular complexity index is 790. The molecule has 0 radical (unpaired) electrons. The molecular weight excluding hydrogens is 314 g/mol. The molecule has 0 unspecified atom stereocenters. The lowest BCUT2D eigenvalue weighted by Gasteiger charge is -2.23. The van der Waals surface area contributed by atoms with Crippen molar-refractivity contribution in [1.82, 2.24) is 4.90 Å². The fraction of sp³-hybridized carbons (Fsp3) is 0.333. The third-order valence-corrected chi connectivity index (χ3v) is 5.21. The van der Waals surface area contributed by atoms with Crippen LogP contribution in [0.1, 0.15) is 34.8 Å². The van der Waals surface area contributed by atoms with Crippen LogP contribution < -0.4 is 0 Å². The number of amides is 1. The average molecular weight is 337 g/mol. The number of esters is 1. The summed E-state index contributed by atoms with van der Waals surface area (Å²) < 4.78 is 4.79. The number of hydrogen-bond acceptors (Lipinski definition) is 3. The quantitative estimate of drug-likeness (QED) is 0.625. The first-order valence-corrected chi connectivity index (χ1v) is 8.49. The molecule has 1 spiro atoms. The van der Waals surface area contributed by atoms with Gasteiger partial charge in [-0.1, -0.05) is 30.9 Å². The van der Waals surface area contributed by atoms with Gasteiger partial charge in [0.25, 0.3) is 0 Å². The molecule has 1 saturated heterocycles. The normalized spacial score (nSPS) is 22.7. The molecule has 2 aliphatic rings. The van der Waals surface area contributed by atoms with Gasteiger partial charge in [0, 0.05) is 12.2 Å². The lowest BCUT2D eigenvalue weighted by Crippen LogP contribution is -2.34. The van der Waals surface area contributed by atoms with E-state index in [1.54, 1.807) is 12.1 Å². The predicted molar refractivity (Wildman–Crippen MR) is 97.0 cm³/mol. The van der Waals surface area contributed by atoms with Crippen LogP contribution >= 0.6 is 0 Å². The predicted octanol–water partition coefficient (Wildman–Crippen LogP) is 3.44. The molecule has 1 fully saturated rings. The summed E-state index contributed by atoms with van der Waals surface area (Å²) in [7, 11) is 1.38. The van der Waals surface area contributed by atoms with Crippen LogP contribution in [0.3, 0.4) is 0 Å². The fourth-order valence-corrected chi connectivity index (χ4v) is 3.85. The number of benzene rings is 1. The van der Waals surface area contributed by atoms with Gasteiger partial charge in [0.1, 0.15) is 0 Å². The third-order valence-electron chi connectivity index (χ3n) is 5.21. The molecule has 4 heteroatoms. The summed E-state index contributed by atoms with van der Waals surface area (Å²) in [5, 5.41) is 0. The molecule has 1 aromatic carbocycles. The minimum atomic E-state index is -0.367. The number of allylic oxidation sites excluding steroid dienone is 5. The summed E-state index contributed by atoms with van der Waals surface area (Å²) in [6.07, 6.45) is 9.67. The van der Waals surface area contributed by atoms with Crippen molar-refractivity contribution in [2.24, 2.45) is 5.41 Å². The zero-order chi connectivity index (χ0) is 18.0. The number of fused-ring (bicyclic) bond motifs is 1. The average Bonchev–Trinajstić information content (AvgIpc) is 3.14. The van der Waals surface area contributed by atoms with Gasteiger partial charge in [0.05, 0.1) is 18.1 Å². The van der Waals surface area contributed by atoms with Crippen LogP contribution in [-0.2, 0) is 22.4 Å². The van der Waals surface area contributed by atoms with E-state index in [4.69, 9.17) is 4.74 Å². The number of carbonyl (C=O) groups is 2. The Balaban J connectivity index is 1.81. The first-order valence-electron chi connectivity index (χ1n) is 8.49. The molecule has 4 nitrogen and oxygen atoms in total. The molecule has 1 aliphatic carbocycles. The first-order chi connectivity index (χ1) is 12.0. The number of likely N-dealkylation sites (tertiary alicyclic amines) is 1. The molecule has 1 atom stereocenters. The van der Waals surface area contributed by atoms with Crippen molar-refractivity contribution >= 4 is 11.9 Å². The molecule has 1 heterocycles. The van der Waals surface area contributed by atoms with Crippen molar-refractivity contribution in [3.63, 3.8) is 0 Å². The van der Waals surface area contributed by atoms with E-state index in [1.807, 2.05) is 42.2 Å². The van der Waals surface area contributed by atoms with Gasteiger partial charge in [0.15, 0.2) is 0 Å². The standard InChI is InChI=1S/C21H23NO3/c1-4-5-6-7-15(2)22-11-10-21(20(22)24)13-17-9-8-16(19(23)25-3)12-18(17)14-21/h4-9,12H,1,10-11,13-14H2,2-3H3/b6-5-,15-7+/t21-/m1/s1. The maximum absolute atomic E-state index is 13.1. The molecule has 0 saturated carbocycles. The van der Waals surface area contributed by atoms with Gasteiger partial charge in [0.2, 0.25) is 5.91 Å². The molecule has 25 heavy (non-hydrogen) atoms. The first kappa shape index (κ1) is 17.2. The highest BCUT2D eigenvalue weighted by Gasteiger charge is 2.50. The highest BCUT2D eigenvalue weighted by molar-refractivity contribution is 5.91. The second-order valence-corrected chi connectivity index (χ2v) is 6.74. The van der Waals surface area contributed by atoms with E-state index in [0.29, 0.717) is 12.0 Å². The van der Waals surface area contributed by atoms with Crippen molar-refractivity contribution in [2.75, 3.05) is 13.7 Å². The van der Waals surface area contributed by atoms with E-state index in [1.165, 1.54) is 7.11 Å². The SMILES string of the molecule is C=C/C=C\C=C(/C)N1CC[C@]2(Cc3ccc(C(=O)OC)cc3C2)C1=O. The van der Waals surface area contributed by atoms with Crippen molar-refractivity contribution in [3.8, 4) is 0 Å². The lowest BCUT2D eigenvalue weighted by atomic mass is 9.83. The maximum Gasteiger partial charge on any atom is 0.337 e. The minimum Gasteiger partial charge on any atom is -0.465 e. The van der Waals surface area contributed by atoms with Gasteiger partial charge >= 0.3 is 5.97 Å². The number of methoxy groups -OCH3 is 1. The van der Waals surface area contributed by atoms with Crippen LogP contribution in [-0.4, -0.2) is 30.4 Å². The van der Waals surface area contributed by atoms with Gasteiger partial charge in [-0.15, -0.1) is 0 Å². The third kappa shape index (κ3) is 3.04. The van der Waals surface area contributed by atoms with E-state index in [9.17, 15) is 9.59 Å². The topological polar surface area (TPSA) is 46.6 Å². The number of rotatable bonds is 4. The Hall–Kier alpha value is -2.62. The Morgan fingerprint density at radius 1 is 1.28 bits per heavy atom. The summed E-state index contributed by atoms with van der Waals surface area (Å²) in [6.45, 7) is 6.34. The highest BCUT2D eigenvalue weighted by atomic mass is 16.5. The molecule has 0 aromatic heterocycles. The Kier molecular flexibility index (Phi) is 4.62. The Morgan fingerprint density at radius 2 is 2.04 bits per heavy atom. The van der Waals surface area contributed by atoms with E-state index < -0.39 is 0 Å². The molecule has 0 N–H and O–H groups in total. The Morgan fingerprint density at radius 3 is 2.76 bits per heavy atom. The molecule has 1 amide bonds. The van der Waals surface area contributed by atoms with Gasteiger partial charge < -0.3 is 9.64 Å². The van der Waals surface area contributed by atoms with Gasteiger partial charge in [-0.05, 0) is 55.5 Å². The highest BCUT2D eigenvalue weighted by Crippen LogP contribution is 2.45. The summed E-state index contributed by atoms with van der Waals surface area (Å²) in [6, 6.07) is 5.62. The second kappa shape index (κ2) is 6.71. The summed E-state index contributed by atoms with van der Waals surface area (Å²) in [5.74, 6) is -0.153. The van der Waals surface area contributed by atoms with E-state index in [2.05, 4.69) is 6.58 Å². The molecule has 0 bridgehead atoms. The number of hydrogen-bond donors (Lipinski definition) is 0. The van der Waals surface area contributed by atoms with Crippen LogP contribution in [0.15, 0.2) is 54.8 Å². The van der Waals surface area contributed by atoms with Gasteiger partial charge in [-0.2, -0.15) is 0 Å². The minimum absolute atomic E-state index is 0.184. The van der Waals surface area contributed by atoms with Crippen LogP contribution in [0.5, 0.6) is 0 Å². The van der Waals surface area contributed by atoms with Crippen LogP contribution in [0.25, 0.3) is 0 Å². The summed E-state index contributed by atoms with van der Waals surface area (Å²) in [4.78, 5) is 26.7. The zero-order valence-electron chi connectivity index (χ0n) is 14.7. The fourth-order valence-electron chi connectivity index (χ4n) is 3.85. The lowest BCUT2D eigenvalue weighted by molar-refractivity contribution is -0.134. The second-order valence-electron chi connectivity index (χ2n) is 6.74. The van der Waals surface area contributed by atoms with Crippen molar-refractivity contribution in [1.29, 1.82) is 0 Å². The van der Waals surface area contributed by atoms with Crippen molar-refractivity contribution in [3.05, 3.63) is 71.5 Å². The molecular formula is C21H23NO3. The monoisotopic (exact) mass is 337 g/mol. The zero-order valence-corrected chi connectivity index (χ0v) is 14.7.